The fourth-order valence-corrected chi connectivity index (χ4v) is 3.69. The SMILES string of the molecule is CN(C)CCC(N)c1cccc(CN2CCN(c3ccc(Cl)cc3)CC2)c1. The molecule has 2 aromatic carbocycles. The highest BCUT2D eigenvalue weighted by molar-refractivity contribution is 6.30. The first-order valence-corrected chi connectivity index (χ1v) is 10.1. The highest BCUT2D eigenvalue weighted by atomic mass is 35.5. The zero-order valence-electron chi connectivity index (χ0n) is 16.4. The summed E-state index contributed by atoms with van der Waals surface area (Å²) in [4.78, 5) is 7.14. The van der Waals surface area contributed by atoms with Gasteiger partial charge in [0.15, 0.2) is 0 Å². The van der Waals surface area contributed by atoms with E-state index in [4.69, 9.17) is 17.3 Å². The number of hydrogen-bond acceptors (Lipinski definition) is 4. The van der Waals surface area contributed by atoms with E-state index < -0.39 is 0 Å². The second-order valence-corrected chi connectivity index (χ2v) is 8.12. The Kier molecular flexibility index (Phi) is 7.13. The molecule has 0 radical (unpaired) electrons. The molecule has 2 aromatic rings. The van der Waals surface area contributed by atoms with Crippen LogP contribution in [0.2, 0.25) is 5.02 Å². The number of halogens is 1. The first-order chi connectivity index (χ1) is 13.0. The third kappa shape index (κ3) is 5.94. The predicted molar refractivity (Wildman–Crippen MR) is 115 cm³/mol. The van der Waals surface area contributed by atoms with Crippen molar-refractivity contribution in [1.82, 2.24) is 9.80 Å². The molecule has 0 aromatic heterocycles. The summed E-state index contributed by atoms with van der Waals surface area (Å²) in [5.74, 6) is 0. The number of benzene rings is 2. The fraction of sp³-hybridized carbons (Fsp3) is 0.455. The maximum absolute atomic E-state index is 6.38. The van der Waals surface area contributed by atoms with Crippen LogP contribution in [0.1, 0.15) is 23.6 Å². The highest BCUT2D eigenvalue weighted by Gasteiger charge is 2.17. The van der Waals surface area contributed by atoms with Crippen LogP contribution in [0.4, 0.5) is 5.69 Å². The van der Waals surface area contributed by atoms with Gasteiger partial charge in [0.25, 0.3) is 0 Å². The quantitative estimate of drug-likeness (QED) is 0.788. The lowest BCUT2D eigenvalue weighted by Crippen LogP contribution is -2.45. The molecule has 0 spiro atoms. The van der Waals surface area contributed by atoms with E-state index in [2.05, 4.69) is 65.2 Å². The van der Waals surface area contributed by atoms with Crippen LogP contribution in [-0.4, -0.2) is 56.6 Å². The topological polar surface area (TPSA) is 35.7 Å². The highest BCUT2D eigenvalue weighted by Crippen LogP contribution is 2.21. The molecule has 27 heavy (non-hydrogen) atoms. The van der Waals surface area contributed by atoms with Crippen LogP contribution in [0, 0.1) is 0 Å². The molecule has 5 heteroatoms. The number of anilines is 1. The Labute approximate surface area is 168 Å². The summed E-state index contributed by atoms with van der Waals surface area (Å²) in [7, 11) is 4.18. The molecule has 1 fully saturated rings. The molecule has 1 unspecified atom stereocenters. The van der Waals surface area contributed by atoms with Gasteiger partial charge in [0.2, 0.25) is 0 Å². The summed E-state index contributed by atoms with van der Waals surface area (Å²) < 4.78 is 0. The van der Waals surface area contributed by atoms with Gasteiger partial charge in [-0.25, -0.2) is 0 Å². The minimum Gasteiger partial charge on any atom is -0.369 e. The standard InChI is InChI=1S/C22H31ClN4/c1-25(2)11-10-22(24)19-5-3-4-18(16-19)17-26-12-14-27(15-13-26)21-8-6-20(23)7-9-21/h3-9,16,22H,10-15,17,24H2,1-2H3. The zero-order valence-corrected chi connectivity index (χ0v) is 17.2. The number of nitrogens with two attached hydrogens (primary N) is 1. The molecule has 1 saturated heterocycles. The van der Waals surface area contributed by atoms with Gasteiger partial charge in [0.1, 0.15) is 0 Å². The summed E-state index contributed by atoms with van der Waals surface area (Å²) in [5.41, 5.74) is 10.2. The Morgan fingerprint density at radius 2 is 1.74 bits per heavy atom. The van der Waals surface area contributed by atoms with Crippen molar-refractivity contribution in [3.8, 4) is 0 Å². The van der Waals surface area contributed by atoms with Gasteiger partial charge in [-0.05, 0) is 62.5 Å². The Morgan fingerprint density at radius 3 is 2.41 bits per heavy atom. The smallest absolute Gasteiger partial charge is 0.0407 e. The van der Waals surface area contributed by atoms with Gasteiger partial charge in [-0.3, -0.25) is 4.90 Å². The lowest BCUT2D eigenvalue weighted by molar-refractivity contribution is 0.250. The Balaban J connectivity index is 1.53. The van der Waals surface area contributed by atoms with Gasteiger partial charge in [0, 0.05) is 49.5 Å². The van der Waals surface area contributed by atoms with E-state index >= 15 is 0 Å². The molecule has 4 nitrogen and oxygen atoms in total. The molecular formula is C22H31ClN4. The van der Waals surface area contributed by atoms with Crippen LogP contribution in [0.5, 0.6) is 0 Å². The summed E-state index contributed by atoms with van der Waals surface area (Å²) in [6.07, 6.45) is 0.982. The van der Waals surface area contributed by atoms with Crippen molar-refractivity contribution in [2.75, 3.05) is 51.7 Å². The van der Waals surface area contributed by atoms with Crippen molar-refractivity contribution < 1.29 is 0 Å². The van der Waals surface area contributed by atoms with Crippen molar-refractivity contribution in [2.45, 2.75) is 19.0 Å². The Hall–Kier alpha value is -1.59. The largest absolute Gasteiger partial charge is 0.369 e. The molecule has 0 saturated carbocycles. The maximum atomic E-state index is 6.38. The number of nitrogens with zero attached hydrogens (tertiary/aromatic N) is 3. The number of piperazine rings is 1. The van der Waals surface area contributed by atoms with Gasteiger partial charge in [0.05, 0.1) is 0 Å². The van der Waals surface area contributed by atoms with Crippen molar-refractivity contribution in [2.24, 2.45) is 5.73 Å². The van der Waals surface area contributed by atoms with E-state index in [0.717, 1.165) is 50.7 Å². The van der Waals surface area contributed by atoms with Crippen LogP contribution < -0.4 is 10.6 Å². The van der Waals surface area contributed by atoms with E-state index in [1.807, 2.05) is 12.1 Å². The van der Waals surface area contributed by atoms with E-state index in [1.54, 1.807) is 0 Å². The van der Waals surface area contributed by atoms with E-state index in [0.29, 0.717) is 0 Å². The average molecular weight is 387 g/mol. The van der Waals surface area contributed by atoms with E-state index in [9.17, 15) is 0 Å². The van der Waals surface area contributed by atoms with Crippen molar-refractivity contribution in [3.63, 3.8) is 0 Å². The van der Waals surface area contributed by atoms with E-state index in [1.165, 1.54) is 16.8 Å². The summed E-state index contributed by atoms with van der Waals surface area (Å²) in [5, 5.41) is 0.793. The minimum absolute atomic E-state index is 0.106. The summed E-state index contributed by atoms with van der Waals surface area (Å²) >= 11 is 6.00. The summed E-state index contributed by atoms with van der Waals surface area (Å²) in [6.45, 7) is 6.23. The molecule has 2 N–H and O–H groups in total. The molecule has 1 heterocycles. The zero-order chi connectivity index (χ0) is 19.2. The number of hydrogen-bond donors (Lipinski definition) is 1. The van der Waals surface area contributed by atoms with Gasteiger partial charge in [-0.2, -0.15) is 0 Å². The molecule has 0 aliphatic carbocycles. The van der Waals surface area contributed by atoms with Crippen LogP contribution in [-0.2, 0) is 6.54 Å². The van der Waals surface area contributed by atoms with Crippen molar-refractivity contribution >= 4 is 17.3 Å². The first-order valence-electron chi connectivity index (χ1n) is 9.73. The lowest BCUT2D eigenvalue weighted by Gasteiger charge is -2.36. The number of rotatable bonds is 7. The Bertz CT molecular complexity index is 709. The molecule has 0 bridgehead atoms. The third-order valence-corrected chi connectivity index (χ3v) is 5.49. The molecule has 1 aliphatic rings. The second-order valence-electron chi connectivity index (χ2n) is 7.68. The van der Waals surface area contributed by atoms with Gasteiger partial charge in [-0.1, -0.05) is 35.9 Å². The monoisotopic (exact) mass is 386 g/mol. The predicted octanol–water partition coefficient (Wildman–Crippen LogP) is 3.61. The molecule has 0 amide bonds. The minimum atomic E-state index is 0.106. The second kappa shape index (κ2) is 9.56. The molecule has 1 aliphatic heterocycles. The molecule has 146 valence electrons. The van der Waals surface area contributed by atoms with Crippen LogP contribution in [0.3, 0.4) is 0 Å². The van der Waals surface area contributed by atoms with Crippen molar-refractivity contribution in [3.05, 3.63) is 64.7 Å². The van der Waals surface area contributed by atoms with Gasteiger partial charge >= 0.3 is 0 Å². The normalized spacial score (nSPS) is 16.7. The fourth-order valence-electron chi connectivity index (χ4n) is 3.56. The van der Waals surface area contributed by atoms with Gasteiger partial charge < -0.3 is 15.5 Å². The Morgan fingerprint density at radius 1 is 1.04 bits per heavy atom. The van der Waals surface area contributed by atoms with Gasteiger partial charge in [-0.15, -0.1) is 0 Å². The maximum Gasteiger partial charge on any atom is 0.0407 e. The first kappa shape index (κ1) is 20.2. The van der Waals surface area contributed by atoms with Crippen LogP contribution in [0.15, 0.2) is 48.5 Å². The third-order valence-electron chi connectivity index (χ3n) is 5.24. The van der Waals surface area contributed by atoms with E-state index in [-0.39, 0.29) is 6.04 Å². The van der Waals surface area contributed by atoms with Crippen LogP contribution in [0.25, 0.3) is 0 Å². The average Bonchev–Trinajstić information content (AvgIpc) is 2.67. The van der Waals surface area contributed by atoms with Crippen LogP contribution >= 0.6 is 11.6 Å². The molecule has 3 rings (SSSR count). The molecule has 1 atom stereocenters. The molecular weight excluding hydrogens is 356 g/mol. The summed E-state index contributed by atoms with van der Waals surface area (Å²) in [6, 6.07) is 17.1. The lowest BCUT2D eigenvalue weighted by atomic mass is 10.0. The van der Waals surface area contributed by atoms with Crippen molar-refractivity contribution in [1.29, 1.82) is 0 Å².